The van der Waals surface area contributed by atoms with E-state index in [-0.39, 0.29) is 13.3 Å². The standard InChI is InChI=1S/C15H12N6OS.CH4/c1-10-4-7-23-14(10)15(22)18-11-8-21-12(17-11)2-3-13(19-21)20-6-5-16-9-20;/h2-9H,1H3,(H,18,22);1H4. The van der Waals surface area contributed by atoms with Crippen molar-refractivity contribution < 1.29 is 4.79 Å². The van der Waals surface area contributed by atoms with E-state index < -0.39 is 0 Å². The number of aromatic nitrogens is 5. The Morgan fingerprint density at radius 2 is 2.17 bits per heavy atom. The summed E-state index contributed by atoms with van der Waals surface area (Å²) < 4.78 is 3.43. The molecule has 4 aromatic rings. The SMILES string of the molecule is C.Cc1ccsc1C(=O)Nc1cn2nc(-n3ccnc3)ccc2n1. The first-order valence-corrected chi connectivity index (χ1v) is 7.79. The zero-order chi connectivity index (χ0) is 15.8. The van der Waals surface area contributed by atoms with Crippen LogP contribution in [0.3, 0.4) is 0 Å². The zero-order valence-electron chi connectivity index (χ0n) is 12.2. The number of imidazole rings is 2. The fraction of sp³-hybridized carbons (Fsp3) is 0.125. The van der Waals surface area contributed by atoms with Crippen molar-refractivity contribution in [2.24, 2.45) is 0 Å². The van der Waals surface area contributed by atoms with E-state index >= 15 is 0 Å². The number of aryl methyl sites for hydroxylation is 1. The molecule has 1 amide bonds. The number of hydrogen-bond donors (Lipinski definition) is 1. The number of amides is 1. The molecule has 0 saturated heterocycles. The molecule has 122 valence electrons. The number of anilines is 1. The average Bonchev–Trinajstić information content (AvgIpc) is 3.25. The molecule has 0 saturated carbocycles. The Morgan fingerprint density at radius 3 is 2.88 bits per heavy atom. The average molecular weight is 340 g/mol. The van der Waals surface area contributed by atoms with Gasteiger partial charge >= 0.3 is 0 Å². The van der Waals surface area contributed by atoms with Gasteiger partial charge in [-0.05, 0) is 36.1 Å². The summed E-state index contributed by atoms with van der Waals surface area (Å²) in [5.41, 5.74) is 1.61. The molecule has 0 fully saturated rings. The van der Waals surface area contributed by atoms with Crippen LogP contribution in [0.25, 0.3) is 11.5 Å². The summed E-state index contributed by atoms with van der Waals surface area (Å²) in [6.07, 6.45) is 6.87. The molecule has 1 N–H and O–H groups in total. The summed E-state index contributed by atoms with van der Waals surface area (Å²) in [7, 11) is 0. The van der Waals surface area contributed by atoms with Crippen LogP contribution in [0.4, 0.5) is 5.82 Å². The van der Waals surface area contributed by atoms with Crippen LogP contribution in [0.2, 0.25) is 0 Å². The molecule has 4 heterocycles. The maximum absolute atomic E-state index is 12.2. The van der Waals surface area contributed by atoms with Crippen LogP contribution < -0.4 is 5.32 Å². The van der Waals surface area contributed by atoms with Crippen molar-refractivity contribution in [2.45, 2.75) is 14.4 Å². The molecule has 4 aromatic heterocycles. The highest BCUT2D eigenvalue weighted by atomic mass is 32.1. The van der Waals surface area contributed by atoms with Crippen molar-refractivity contribution in [1.29, 1.82) is 0 Å². The molecule has 24 heavy (non-hydrogen) atoms. The molecule has 0 bridgehead atoms. The van der Waals surface area contributed by atoms with Gasteiger partial charge in [0.15, 0.2) is 17.3 Å². The van der Waals surface area contributed by atoms with E-state index in [1.807, 2.05) is 36.7 Å². The Bertz CT molecular complexity index is 985. The highest BCUT2D eigenvalue weighted by Crippen LogP contribution is 2.18. The first-order valence-electron chi connectivity index (χ1n) is 6.91. The maximum atomic E-state index is 12.2. The fourth-order valence-corrected chi connectivity index (χ4v) is 3.06. The molecule has 4 rings (SSSR count). The summed E-state index contributed by atoms with van der Waals surface area (Å²) in [4.78, 5) is 21.3. The molecule has 0 spiro atoms. The van der Waals surface area contributed by atoms with Crippen molar-refractivity contribution in [3.63, 3.8) is 0 Å². The molecule has 7 nitrogen and oxygen atoms in total. The number of nitrogens with zero attached hydrogens (tertiary/aromatic N) is 5. The second-order valence-electron chi connectivity index (χ2n) is 4.98. The zero-order valence-corrected chi connectivity index (χ0v) is 13.0. The molecule has 0 aliphatic heterocycles. The lowest BCUT2D eigenvalue weighted by molar-refractivity contribution is 0.102. The molecule has 0 radical (unpaired) electrons. The van der Waals surface area contributed by atoms with E-state index in [1.165, 1.54) is 11.3 Å². The molecule has 0 atom stereocenters. The van der Waals surface area contributed by atoms with E-state index in [1.54, 1.807) is 27.8 Å². The summed E-state index contributed by atoms with van der Waals surface area (Å²) in [6, 6.07) is 5.61. The second kappa shape index (κ2) is 6.25. The minimum atomic E-state index is -0.157. The third kappa shape index (κ3) is 2.79. The Labute approximate surface area is 142 Å². The predicted octanol–water partition coefficient (Wildman–Crippen LogP) is 3.17. The van der Waals surface area contributed by atoms with Gasteiger partial charge in [0, 0.05) is 12.4 Å². The highest BCUT2D eigenvalue weighted by Gasteiger charge is 2.13. The summed E-state index contributed by atoms with van der Waals surface area (Å²) in [5, 5.41) is 9.16. The van der Waals surface area contributed by atoms with E-state index in [0.29, 0.717) is 16.3 Å². The number of carbonyl (C=O) groups is 1. The second-order valence-corrected chi connectivity index (χ2v) is 5.89. The minimum Gasteiger partial charge on any atom is -0.304 e. The molecular weight excluding hydrogens is 324 g/mol. The van der Waals surface area contributed by atoms with Crippen LogP contribution in [0.5, 0.6) is 0 Å². The molecule has 0 aliphatic carbocycles. The summed E-state index contributed by atoms with van der Waals surface area (Å²) in [5.74, 6) is 1.04. The van der Waals surface area contributed by atoms with Crippen LogP contribution in [0, 0.1) is 6.92 Å². The largest absolute Gasteiger partial charge is 0.304 e. The molecule has 0 aliphatic rings. The summed E-state index contributed by atoms with van der Waals surface area (Å²) in [6.45, 7) is 1.91. The van der Waals surface area contributed by atoms with Crippen molar-refractivity contribution in [3.05, 3.63) is 58.9 Å². The van der Waals surface area contributed by atoms with E-state index in [2.05, 4.69) is 20.4 Å². The van der Waals surface area contributed by atoms with Gasteiger partial charge in [0.25, 0.3) is 5.91 Å². The van der Waals surface area contributed by atoms with Gasteiger partial charge in [0.1, 0.15) is 6.33 Å². The first kappa shape index (κ1) is 15.9. The number of fused-ring (bicyclic) bond motifs is 1. The van der Waals surface area contributed by atoms with Crippen LogP contribution >= 0.6 is 11.3 Å². The molecule has 0 unspecified atom stereocenters. The van der Waals surface area contributed by atoms with Crippen LogP contribution in [-0.4, -0.2) is 30.1 Å². The number of rotatable bonds is 3. The van der Waals surface area contributed by atoms with Gasteiger partial charge in [0.05, 0.1) is 11.1 Å². The fourth-order valence-electron chi connectivity index (χ4n) is 2.24. The van der Waals surface area contributed by atoms with Gasteiger partial charge in [-0.2, -0.15) is 0 Å². The number of thiophene rings is 1. The lowest BCUT2D eigenvalue weighted by Gasteiger charge is -2.00. The number of carbonyl (C=O) groups excluding carboxylic acids is 1. The van der Waals surface area contributed by atoms with Crippen molar-refractivity contribution in [3.8, 4) is 5.82 Å². The van der Waals surface area contributed by atoms with Gasteiger partial charge in [-0.25, -0.2) is 14.5 Å². The van der Waals surface area contributed by atoms with Crippen LogP contribution in [-0.2, 0) is 0 Å². The minimum absolute atomic E-state index is 0. The van der Waals surface area contributed by atoms with Crippen LogP contribution in [0.15, 0.2) is 48.5 Å². The molecule has 8 heteroatoms. The Morgan fingerprint density at radius 1 is 1.29 bits per heavy atom. The molecular formula is C16H16N6OS. The lowest BCUT2D eigenvalue weighted by Crippen LogP contribution is -2.11. The van der Waals surface area contributed by atoms with Gasteiger partial charge in [-0.1, -0.05) is 7.43 Å². The Kier molecular flexibility index (Phi) is 4.13. The smallest absolute Gasteiger partial charge is 0.267 e. The molecule has 0 aromatic carbocycles. The predicted molar refractivity (Wildman–Crippen MR) is 93.8 cm³/mol. The van der Waals surface area contributed by atoms with E-state index in [4.69, 9.17) is 0 Å². The summed E-state index contributed by atoms with van der Waals surface area (Å²) >= 11 is 1.41. The monoisotopic (exact) mass is 340 g/mol. The van der Waals surface area contributed by atoms with Gasteiger partial charge in [0.2, 0.25) is 0 Å². The van der Waals surface area contributed by atoms with Crippen LogP contribution in [0.1, 0.15) is 22.7 Å². The quantitative estimate of drug-likeness (QED) is 0.621. The number of hydrogen-bond acceptors (Lipinski definition) is 5. The van der Waals surface area contributed by atoms with E-state index in [9.17, 15) is 4.79 Å². The van der Waals surface area contributed by atoms with Gasteiger partial charge in [-0.3, -0.25) is 9.36 Å². The highest BCUT2D eigenvalue weighted by molar-refractivity contribution is 7.12. The van der Waals surface area contributed by atoms with Crippen molar-refractivity contribution in [2.75, 3.05) is 5.32 Å². The van der Waals surface area contributed by atoms with Gasteiger partial charge < -0.3 is 5.32 Å². The van der Waals surface area contributed by atoms with Crippen molar-refractivity contribution >= 4 is 28.7 Å². The lowest BCUT2D eigenvalue weighted by atomic mass is 10.3. The third-order valence-electron chi connectivity index (χ3n) is 3.38. The normalized spacial score (nSPS) is 10.5. The van der Waals surface area contributed by atoms with E-state index in [0.717, 1.165) is 11.4 Å². The topological polar surface area (TPSA) is 77.1 Å². The van der Waals surface area contributed by atoms with Crippen molar-refractivity contribution in [1.82, 2.24) is 24.1 Å². The maximum Gasteiger partial charge on any atom is 0.267 e. The Hall–Kier alpha value is -3.00. The Balaban J connectivity index is 0.00000169. The first-order chi connectivity index (χ1) is 11.2. The van der Waals surface area contributed by atoms with Gasteiger partial charge in [-0.15, -0.1) is 16.4 Å². The number of nitrogens with one attached hydrogen (secondary N) is 1. The third-order valence-corrected chi connectivity index (χ3v) is 4.40.